The van der Waals surface area contributed by atoms with Crippen molar-refractivity contribution in [1.29, 1.82) is 0 Å². The van der Waals surface area contributed by atoms with Crippen molar-refractivity contribution in [3.63, 3.8) is 0 Å². The second kappa shape index (κ2) is 5.07. The van der Waals surface area contributed by atoms with Gasteiger partial charge in [0.2, 0.25) is 0 Å². The Labute approximate surface area is 112 Å². The van der Waals surface area contributed by atoms with Crippen LogP contribution in [0.25, 0.3) is 0 Å². The minimum absolute atomic E-state index is 0.200. The summed E-state index contributed by atoms with van der Waals surface area (Å²) in [6.45, 7) is 3.69. The molecule has 1 aromatic rings. The number of aryl methyl sites for hydroxylation is 1. The molecule has 5 nitrogen and oxygen atoms in total. The van der Waals surface area contributed by atoms with Gasteiger partial charge < -0.3 is 15.4 Å². The molecular weight excluding hydrogens is 244 g/mol. The average Bonchev–Trinajstić information content (AvgIpc) is 2.75. The molecule has 1 aliphatic rings. The molecule has 3 N–H and O–H groups in total. The Bertz CT molecular complexity index is 495. The van der Waals surface area contributed by atoms with Crippen LogP contribution in [0.3, 0.4) is 0 Å². The SMILES string of the molecule is Cc1c[nH]cc1C(=O)NC1(C)CCCCC1C(=O)O. The Balaban J connectivity index is 2.17. The third-order valence-corrected chi connectivity index (χ3v) is 4.10. The van der Waals surface area contributed by atoms with E-state index in [1.165, 1.54) is 0 Å². The molecule has 1 aromatic heterocycles. The summed E-state index contributed by atoms with van der Waals surface area (Å²) in [5, 5.41) is 12.2. The van der Waals surface area contributed by atoms with Gasteiger partial charge in [0.05, 0.1) is 17.0 Å². The fourth-order valence-electron chi connectivity index (χ4n) is 2.89. The Morgan fingerprint density at radius 3 is 2.74 bits per heavy atom. The lowest BCUT2D eigenvalue weighted by Gasteiger charge is -2.39. The summed E-state index contributed by atoms with van der Waals surface area (Å²) < 4.78 is 0. The van der Waals surface area contributed by atoms with Crippen molar-refractivity contribution in [2.24, 2.45) is 5.92 Å². The van der Waals surface area contributed by atoms with Crippen LogP contribution in [0, 0.1) is 12.8 Å². The smallest absolute Gasteiger partial charge is 0.308 e. The summed E-state index contributed by atoms with van der Waals surface area (Å²) in [4.78, 5) is 26.5. The number of aromatic nitrogens is 1. The van der Waals surface area contributed by atoms with E-state index in [0.717, 1.165) is 18.4 Å². The molecule has 5 heteroatoms. The molecule has 1 fully saturated rings. The number of hydrogen-bond donors (Lipinski definition) is 3. The standard InChI is InChI=1S/C14H20N2O3/c1-9-7-15-8-10(9)12(17)16-14(2)6-4-3-5-11(14)13(18)19/h7-8,11,15H,3-6H2,1-2H3,(H,16,17)(H,18,19). The minimum atomic E-state index is -0.826. The zero-order valence-electron chi connectivity index (χ0n) is 11.3. The number of hydrogen-bond acceptors (Lipinski definition) is 2. The lowest BCUT2D eigenvalue weighted by molar-refractivity contribution is -0.145. The van der Waals surface area contributed by atoms with Gasteiger partial charge in [-0.1, -0.05) is 12.8 Å². The number of aromatic amines is 1. The van der Waals surface area contributed by atoms with E-state index in [4.69, 9.17) is 0 Å². The molecule has 0 saturated heterocycles. The predicted molar refractivity (Wildman–Crippen MR) is 71.0 cm³/mol. The van der Waals surface area contributed by atoms with E-state index in [2.05, 4.69) is 10.3 Å². The van der Waals surface area contributed by atoms with Crippen LogP contribution in [0.5, 0.6) is 0 Å². The van der Waals surface area contributed by atoms with Gasteiger partial charge in [-0.25, -0.2) is 0 Å². The molecule has 0 aliphatic heterocycles. The maximum atomic E-state index is 12.2. The molecule has 1 saturated carbocycles. The number of carbonyl (C=O) groups excluding carboxylic acids is 1. The lowest BCUT2D eigenvalue weighted by atomic mass is 9.73. The van der Waals surface area contributed by atoms with Crippen LogP contribution >= 0.6 is 0 Å². The number of amides is 1. The average molecular weight is 264 g/mol. The summed E-state index contributed by atoms with van der Waals surface area (Å²) in [5.41, 5.74) is 0.782. The van der Waals surface area contributed by atoms with E-state index < -0.39 is 17.4 Å². The number of carboxylic acid groups (broad SMARTS) is 1. The Kier molecular flexibility index (Phi) is 3.64. The highest BCUT2D eigenvalue weighted by Crippen LogP contribution is 2.34. The van der Waals surface area contributed by atoms with Crippen LogP contribution in [0.4, 0.5) is 0 Å². The van der Waals surface area contributed by atoms with Crippen LogP contribution < -0.4 is 5.32 Å². The Morgan fingerprint density at radius 2 is 2.16 bits per heavy atom. The molecule has 0 spiro atoms. The molecule has 0 radical (unpaired) electrons. The normalized spacial score (nSPS) is 26.9. The monoisotopic (exact) mass is 264 g/mol. The highest BCUT2D eigenvalue weighted by Gasteiger charge is 2.42. The quantitative estimate of drug-likeness (QED) is 0.781. The van der Waals surface area contributed by atoms with E-state index in [-0.39, 0.29) is 5.91 Å². The summed E-state index contributed by atoms with van der Waals surface area (Å²) in [5.74, 6) is -1.54. The molecule has 19 heavy (non-hydrogen) atoms. The van der Waals surface area contributed by atoms with Crippen molar-refractivity contribution in [2.75, 3.05) is 0 Å². The van der Waals surface area contributed by atoms with Crippen molar-refractivity contribution in [3.8, 4) is 0 Å². The van der Waals surface area contributed by atoms with Crippen LogP contribution in [-0.4, -0.2) is 27.5 Å². The van der Waals surface area contributed by atoms with Gasteiger partial charge in [-0.3, -0.25) is 9.59 Å². The van der Waals surface area contributed by atoms with Crippen LogP contribution in [0.2, 0.25) is 0 Å². The van der Waals surface area contributed by atoms with E-state index in [1.54, 1.807) is 12.4 Å². The first-order valence-electron chi connectivity index (χ1n) is 6.63. The predicted octanol–water partition coefficient (Wildman–Crippen LogP) is 2.09. The van der Waals surface area contributed by atoms with Gasteiger partial charge in [-0.05, 0) is 32.3 Å². The Morgan fingerprint density at radius 1 is 1.42 bits per heavy atom. The fraction of sp³-hybridized carbons (Fsp3) is 0.571. The number of nitrogens with one attached hydrogen (secondary N) is 2. The van der Waals surface area contributed by atoms with Crippen LogP contribution in [0.15, 0.2) is 12.4 Å². The third-order valence-electron chi connectivity index (χ3n) is 4.10. The molecule has 0 aromatic carbocycles. The first kappa shape index (κ1) is 13.6. The summed E-state index contributed by atoms with van der Waals surface area (Å²) >= 11 is 0. The maximum Gasteiger partial charge on any atom is 0.308 e. The van der Waals surface area contributed by atoms with E-state index in [1.807, 2.05) is 13.8 Å². The number of rotatable bonds is 3. The lowest BCUT2D eigenvalue weighted by Crippen LogP contribution is -2.55. The largest absolute Gasteiger partial charge is 0.481 e. The number of aliphatic carboxylic acids is 1. The van der Waals surface area contributed by atoms with Gasteiger partial charge in [0.25, 0.3) is 5.91 Å². The minimum Gasteiger partial charge on any atom is -0.481 e. The van der Waals surface area contributed by atoms with Gasteiger partial charge in [0.15, 0.2) is 0 Å². The first-order valence-corrected chi connectivity index (χ1v) is 6.63. The molecule has 2 unspecified atom stereocenters. The second-order valence-corrected chi connectivity index (χ2v) is 5.56. The topological polar surface area (TPSA) is 82.2 Å². The molecule has 1 aliphatic carbocycles. The van der Waals surface area contributed by atoms with Crippen molar-refractivity contribution in [1.82, 2.24) is 10.3 Å². The van der Waals surface area contributed by atoms with Gasteiger partial charge in [-0.15, -0.1) is 0 Å². The molecule has 2 atom stereocenters. The maximum absolute atomic E-state index is 12.2. The number of carboxylic acids is 1. The highest BCUT2D eigenvalue weighted by atomic mass is 16.4. The van der Waals surface area contributed by atoms with Gasteiger partial charge >= 0.3 is 5.97 Å². The molecule has 0 bridgehead atoms. The summed E-state index contributed by atoms with van der Waals surface area (Å²) in [6, 6.07) is 0. The zero-order valence-corrected chi connectivity index (χ0v) is 11.3. The van der Waals surface area contributed by atoms with E-state index in [9.17, 15) is 14.7 Å². The highest BCUT2D eigenvalue weighted by molar-refractivity contribution is 5.96. The van der Waals surface area contributed by atoms with E-state index >= 15 is 0 Å². The van der Waals surface area contributed by atoms with Gasteiger partial charge in [0.1, 0.15) is 0 Å². The molecule has 1 amide bonds. The number of carbonyl (C=O) groups is 2. The van der Waals surface area contributed by atoms with Gasteiger partial charge in [-0.2, -0.15) is 0 Å². The zero-order chi connectivity index (χ0) is 14.0. The summed E-state index contributed by atoms with van der Waals surface area (Å²) in [7, 11) is 0. The van der Waals surface area contributed by atoms with Crippen molar-refractivity contribution < 1.29 is 14.7 Å². The molecular formula is C14H20N2O3. The van der Waals surface area contributed by atoms with Gasteiger partial charge in [0, 0.05) is 12.4 Å². The second-order valence-electron chi connectivity index (χ2n) is 5.56. The van der Waals surface area contributed by atoms with Crippen LogP contribution in [0.1, 0.15) is 48.5 Å². The summed E-state index contributed by atoms with van der Waals surface area (Å²) in [6.07, 6.45) is 6.59. The number of H-pyrrole nitrogens is 1. The molecule has 104 valence electrons. The van der Waals surface area contributed by atoms with Crippen molar-refractivity contribution >= 4 is 11.9 Å². The van der Waals surface area contributed by atoms with E-state index in [0.29, 0.717) is 18.4 Å². The van der Waals surface area contributed by atoms with Crippen molar-refractivity contribution in [3.05, 3.63) is 23.5 Å². The third kappa shape index (κ3) is 2.64. The van der Waals surface area contributed by atoms with Crippen LogP contribution in [-0.2, 0) is 4.79 Å². The fourth-order valence-corrected chi connectivity index (χ4v) is 2.89. The molecule has 2 rings (SSSR count). The van der Waals surface area contributed by atoms with Crippen molar-refractivity contribution in [2.45, 2.75) is 45.1 Å². The Hall–Kier alpha value is -1.78. The molecule has 1 heterocycles. The first-order chi connectivity index (χ1) is 8.94.